The molecule has 0 fully saturated rings. The number of esters is 1. The van der Waals surface area contributed by atoms with E-state index in [1.165, 1.54) is 6.07 Å². The Labute approximate surface area is 182 Å². The van der Waals surface area contributed by atoms with E-state index in [-0.39, 0.29) is 17.4 Å². The van der Waals surface area contributed by atoms with Crippen molar-refractivity contribution in [2.24, 2.45) is 0 Å². The average Bonchev–Trinajstić information content (AvgIpc) is 2.72. The molecule has 0 amide bonds. The van der Waals surface area contributed by atoms with E-state index >= 15 is 0 Å². The minimum atomic E-state index is -4.48. The van der Waals surface area contributed by atoms with Crippen LogP contribution in [0.15, 0.2) is 54.6 Å². The van der Waals surface area contributed by atoms with E-state index in [1.54, 1.807) is 37.3 Å². The number of ether oxygens (including phenoxy) is 3. The van der Waals surface area contributed by atoms with Crippen molar-refractivity contribution in [1.82, 2.24) is 0 Å². The van der Waals surface area contributed by atoms with Crippen LogP contribution in [-0.2, 0) is 15.7 Å². The maximum atomic E-state index is 12.8. The molecule has 8 heteroatoms. The van der Waals surface area contributed by atoms with Gasteiger partial charge >= 0.3 is 12.1 Å². The summed E-state index contributed by atoms with van der Waals surface area (Å²) in [5.41, 5.74) is -0.850. The van der Waals surface area contributed by atoms with Crippen molar-refractivity contribution in [2.45, 2.75) is 32.5 Å². The van der Waals surface area contributed by atoms with Crippen LogP contribution in [0.4, 0.5) is 13.2 Å². The van der Waals surface area contributed by atoms with Crippen molar-refractivity contribution in [1.29, 1.82) is 0 Å². The molecule has 0 aliphatic rings. The van der Waals surface area contributed by atoms with E-state index in [4.69, 9.17) is 25.8 Å². The molecule has 0 saturated carbocycles. The fourth-order valence-corrected chi connectivity index (χ4v) is 3.14. The highest BCUT2D eigenvalue weighted by Crippen LogP contribution is 2.37. The summed E-state index contributed by atoms with van der Waals surface area (Å²) in [6, 6.07) is 13.4. The second-order valence-electron chi connectivity index (χ2n) is 6.68. The molecule has 3 aromatic carbocycles. The normalized spacial score (nSPS) is 12.5. The molecule has 0 aliphatic carbocycles. The predicted molar refractivity (Wildman–Crippen MR) is 112 cm³/mol. The third kappa shape index (κ3) is 5.61. The molecule has 0 spiro atoms. The third-order valence-corrected chi connectivity index (χ3v) is 4.76. The minimum absolute atomic E-state index is 0.106. The molecule has 0 saturated heterocycles. The highest BCUT2D eigenvalue weighted by molar-refractivity contribution is 6.32. The van der Waals surface area contributed by atoms with Gasteiger partial charge in [-0.2, -0.15) is 13.2 Å². The van der Waals surface area contributed by atoms with Gasteiger partial charge < -0.3 is 14.2 Å². The number of carbonyl (C=O) groups is 1. The van der Waals surface area contributed by atoms with E-state index in [0.29, 0.717) is 17.9 Å². The molecule has 31 heavy (non-hydrogen) atoms. The molecule has 4 nitrogen and oxygen atoms in total. The summed E-state index contributed by atoms with van der Waals surface area (Å²) in [5, 5.41) is 1.51. The molecule has 0 aliphatic heterocycles. The summed E-state index contributed by atoms with van der Waals surface area (Å²) in [4.78, 5) is 12.0. The highest BCUT2D eigenvalue weighted by Gasteiger charge is 2.31. The molecular formula is C23H20ClF3O4. The first-order chi connectivity index (χ1) is 14.7. The lowest BCUT2D eigenvalue weighted by molar-refractivity contribution is -0.151. The van der Waals surface area contributed by atoms with Gasteiger partial charge in [-0.1, -0.05) is 30.7 Å². The zero-order valence-corrected chi connectivity index (χ0v) is 17.6. The number of fused-ring (bicyclic) bond motifs is 1. The number of hydrogen-bond acceptors (Lipinski definition) is 4. The van der Waals surface area contributed by atoms with Gasteiger partial charge in [0.15, 0.2) is 6.10 Å². The lowest BCUT2D eigenvalue weighted by atomic mass is 10.1. The Morgan fingerprint density at radius 2 is 1.65 bits per heavy atom. The van der Waals surface area contributed by atoms with Crippen LogP contribution >= 0.6 is 11.6 Å². The topological polar surface area (TPSA) is 44.8 Å². The summed E-state index contributed by atoms with van der Waals surface area (Å²) in [7, 11) is 0. The number of alkyl halides is 3. The second kappa shape index (κ2) is 9.47. The molecule has 3 aromatic rings. The first-order valence-electron chi connectivity index (χ1n) is 9.63. The van der Waals surface area contributed by atoms with Crippen LogP contribution in [0.3, 0.4) is 0 Å². The fraction of sp³-hybridized carbons (Fsp3) is 0.261. The van der Waals surface area contributed by atoms with Gasteiger partial charge in [-0.15, -0.1) is 0 Å². The number of hydrogen-bond donors (Lipinski definition) is 0. The molecule has 0 radical (unpaired) electrons. The Balaban J connectivity index is 1.83. The first kappa shape index (κ1) is 22.7. The molecule has 1 atom stereocenters. The van der Waals surface area contributed by atoms with Crippen molar-refractivity contribution in [3.05, 3.63) is 65.2 Å². The van der Waals surface area contributed by atoms with Crippen molar-refractivity contribution < 1.29 is 32.2 Å². The summed E-state index contributed by atoms with van der Waals surface area (Å²) in [5.74, 6) is 0.551. The maximum absolute atomic E-state index is 12.8. The molecule has 1 unspecified atom stereocenters. The van der Waals surface area contributed by atoms with Crippen molar-refractivity contribution in [2.75, 3.05) is 6.61 Å². The lowest BCUT2D eigenvalue weighted by Crippen LogP contribution is -2.28. The summed E-state index contributed by atoms with van der Waals surface area (Å²) < 4.78 is 54.9. The van der Waals surface area contributed by atoms with Crippen LogP contribution in [0.2, 0.25) is 5.02 Å². The SMILES string of the molecule is CCOC(=O)C(CC)Oc1ccc2ccc(Oc3ccc(C(F)(F)F)cc3Cl)cc2c1. The van der Waals surface area contributed by atoms with Gasteiger partial charge in [-0.25, -0.2) is 4.79 Å². The van der Waals surface area contributed by atoms with E-state index < -0.39 is 23.8 Å². The van der Waals surface area contributed by atoms with Crippen LogP contribution in [0.5, 0.6) is 17.2 Å². The van der Waals surface area contributed by atoms with Crippen LogP contribution in [0, 0.1) is 0 Å². The minimum Gasteiger partial charge on any atom is -0.479 e. The number of benzene rings is 3. The standard InChI is InChI=1S/C23H20ClF3O4/c1-3-20(22(28)29-4-2)30-17-8-5-14-6-9-18(12-15(14)11-17)31-21-10-7-16(13-19(21)24)23(25,26)27/h5-13,20H,3-4H2,1-2H3. The molecule has 3 rings (SSSR count). The van der Waals surface area contributed by atoms with Gasteiger partial charge in [-0.3, -0.25) is 0 Å². The van der Waals surface area contributed by atoms with Crippen LogP contribution in [0.25, 0.3) is 10.8 Å². The monoisotopic (exact) mass is 452 g/mol. The van der Waals surface area contributed by atoms with Crippen molar-refractivity contribution in [3.63, 3.8) is 0 Å². The summed E-state index contributed by atoms with van der Waals surface area (Å²) >= 11 is 5.97. The van der Waals surface area contributed by atoms with Crippen LogP contribution < -0.4 is 9.47 Å². The summed E-state index contributed by atoms with van der Waals surface area (Å²) in [6.45, 7) is 3.82. The third-order valence-electron chi connectivity index (χ3n) is 4.47. The van der Waals surface area contributed by atoms with Crippen molar-refractivity contribution >= 4 is 28.3 Å². The quantitative estimate of drug-likeness (QED) is 0.361. The van der Waals surface area contributed by atoms with Gasteiger partial charge in [-0.05, 0) is 66.6 Å². The van der Waals surface area contributed by atoms with Crippen LogP contribution in [-0.4, -0.2) is 18.7 Å². The summed E-state index contributed by atoms with van der Waals surface area (Å²) in [6.07, 6.45) is -4.75. The fourth-order valence-electron chi connectivity index (χ4n) is 2.92. The zero-order valence-electron chi connectivity index (χ0n) is 16.8. The Morgan fingerprint density at radius 1 is 0.968 bits per heavy atom. The largest absolute Gasteiger partial charge is 0.479 e. The molecule has 0 bridgehead atoms. The highest BCUT2D eigenvalue weighted by atomic mass is 35.5. The van der Waals surface area contributed by atoms with Gasteiger partial charge in [0, 0.05) is 0 Å². The molecule has 0 N–H and O–H groups in total. The Bertz CT molecular complexity index is 1080. The Kier molecular flexibility index (Phi) is 6.95. The Morgan fingerprint density at radius 3 is 2.26 bits per heavy atom. The van der Waals surface area contributed by atoms with E-state index in [2.05, 4.69) is 0 Å². The number of halogens is 4. The lowest BCUT2D eigenvalue weighted by Gasteiger charge is -2.16. The molecule has 0 aromatic heterocycles. The van der Waals surface area contributed by atoms with E-state index in [1.807, 2.05) is 13.0 Å². The number of carbonyl (C=O) groups excluding carboxylic acids is 1. The first-order valence-corrected chi connectivity index (χ1v) is 10.0. The second-order valence-corrected chi connectivity index (χ2v) is 7.09. The van der Waals surface area contributed by atoms with Gasteiger partial charge in [0.1, 0.15) is 17.2 Å². The van der Waals surface area contributed by atoms with E-state index in [0.717, 1.165) is 22.9 Å². The van der Waals surface area contributed by atoms with Gasteiger partial charge in [0.2, 0.25) is 0 Å². The van der Waals surface area contributed by atoms with Gasteiger partial charge in [0.05, 0.1) is 17.2 Å². The molecule has 164 valence electrons. The van der Waals surface area contributed by atoms with Gasteiger partial charge in [0.25, 0.3) is 0 Å². The van der Waals surface area contributed by atoms with Crippen molar-refractivity contribution in [3.8, 4) is 17.2 Å². The Hall–Kier alpha value is -2.93. The maximum Gasteiger partial charge on any atom is 0.416 e. The molecular weight excluding hydrogens is 433 g/mol. The average molecular weight is 453 g/mol. The van der Waals surface area contributed by atoms with Crippen LogP contribution in [0.1, 0.15) is 25.8 Å². The smallest absolute Gasteiger partial charge is 0.416 e. The molecule has 0 heterocycles. The zero-order chi connectivity index (χ0) is 22.6. The predicted octanol–water partition coefficient (Wildman–Crippen LogP) is 7.02. The van der Waals surface area contributed by atoms with E-state index in [9.17, 15) is 18.0 Å². The number of rotatable bonds is 7.